The first-order valence-corrected chi connectivity index (χ1v) is 6.67. The normalized spacial score (nSPS) is 22.1. The summed E-state index contributed by atoms with van der Waals surface area (Å²) in [6.07, 6.45) is 3.70. The lowest BCUT2D eigenvalue weighted by Gasteiger charge is -2.37. The van der Waals surface area contributed by atoms with Crippen LogP contribution < -0.4 is 5.32 Å². The van der Waals surface area contributed by atoms with Crippen LogP contribution >= 0.6 is 0 Å². The van der Waals surface area contributed by atoms with Gasteiger partial charge in [-0.3, -0.25) is 4.90 Å². The van der Waals surface area contributed by atoms with E-state index in [1.165, 1.54) is 19.3 Å². The van der Waals surface area contributed by atoms with Gasteiger partial charge < -0.3 is 10.4 Å². The summed E-state index contributed by atoms with van der Waals surface area (Å²) in [6.45, 7) is 11.0. The second-order valence-electron chi connectivity index (χ2n) is 5.46. The van der Waals surface area contributed by atoms with E-state index in [0.29, 0.717) is 12.1 Å². The number of nitrogens with one attached hydrogen (secondary N) is 1. The smallest absolute Gasteiger partial charge is 0.0623 e. The number of likely N-dealkylation sites (N-methyl/N-ethyl adjacent to an activating group) is 1. The van der Waals surface area contributed by atoms with Gasteiger partial charge in [-0.15, -0.1) is 0 Å². The summed E-state index contributed by atoms with van der Waals surface area (Å²) >= 11 is 0. The molecule has 16 heavy (non-hydrogen) atoms. The van der Waals surface area contributed by atoms with Gasteiger partial charge in [0.15, 0.2) is 0 Å². The molecular weight excluding hydrogens is 200 g/mol. The van der Waals surface area contributed by atoms with Crippen LogP contribution in [0.3, 0.4) is 0 Å². The fourth-order valence-corrected chi connectivity index (χ4v) is 2.15. The lowest BCUT2D eigenvalue weighted by molar-refractivity contribution is 0.0995. The molecule has 0 saturated heterocycles. The molecular formula is C13H28N2O. The summed E-state index contributed by atoms with van der Waals surface area (Å²) in [4.78, 5) is 2.45. The van der Waals surface area contributed by atoms with E-state index < -0.39 is 0 Å². The summed E-state index contributed by atoms with van der Waals surface area (Å²) in [5.41, 5.74) is -0.138. The summed E-state index contributed by atoms with van der Waals surface area (Å²) in [6, 6.07) is 1.24. The van der Waals surface area contributed by atoms with Crippen molar-refractivity contribution in [3.63, 3.8) is 0 Å². The summed E-state index contributed by atoms with van der Waals surface area (Å²) in [5, 5.41) is 13.1. The minimum absolute atomic E-state index is 0.138. The minimum Gasteiger partial charge on any atom is -0.394 e. The van der Waals surface area contributed by atoms with Gasteiger partial charge in [-0.1, -0.05) is 13.8 Å². The van der Waals surface area contributed by atoms with Gasteiger partial charge in [0.25, 0.3) is 0 Å². The maximum absolute atomic E-state index is 9.57. The van der Waals surface area contributed by atoms with E-state index in [1.807, 2.05) is 0 Å². The van der Waals surface area contributed by atoms with Gasteiger partial charge in [0, 0.05) is 18.6 Å². The zero-order chi connectivity index (χ0) is 12.2. The molecule has 0 amide bonds. The van der Waals surface area contributed by atoms with Crippen LogP contribution in [0, 0.1) is 0 Å². The van der Waals surface area contributed by atoms with E-state index in [1.54, 1.807) is 0 Å². The lowest BCUT2D eigenvalue weighted by atomic mass is 10.0. The zero-order valence-corrected chi connectivity index (χ0v) is 11.3. The molecule has 96 valence electrons. The van der Waals surface area contributed by atoms with Crippen LogP contribution in [0.15, 0.2) is 0 Å². The highest BCUT2D eigenvalue weighted by Gasteiger charge is 2.33. The van der Waals surface area contributed by atoms with Crippen molar-refractivity contribution in [1.82, 2.24) is 10.2 Å². The molecule has 2 atom stereocenters. The summed E-state index contributed by atoms with van der Waals surface area (Å²) in [7, 11) is 0. The van der Waals surface area contributed by atoms with Crippen LogP contribution in [0.4, 0.5) is 0 Å². The van der Waals surface area contributed by atoms with Crippen LogP contribution in [-0.2, 0) is 0 Å². The van der Waals surface area contributed by atoms with Gasteiger partial charge in [0.1, 0.15) is 0 Å². The topological polar surface area (TPSA) is 35.5 Å². The molecule has 1 aliphatic carbocycles. The number of rotatable bonds is 8. The number of hydrogen-bond acceptors (Lipinski definition) is 3. The van der Waals surface area contributed by atoms with Crippen LogP contribution in [0.1, 0.15) is 47.0 Å². The second-order valence-corrected chi connectivity index (χ2v) is 5.46. The van der Waals surface area contributed by atoms with E-state index in [2.05, 4.69) is 37.9 Å². The van der Waals surface area contributed by atoms with Crippen molar-refractivity contribution >= 4 is 0 Å². The monoisotopic (exact) mass is 228 g/mol. The Labute approximate surface area is 100 Å². The number of hydrogen-bond donors (Lipinski definition) is 2. The minimum atomic E-state index is -0.138. The van der Waals surface area contributed by atoms with Gasteiger partial charge in [0.2, 0.25) is 0 Å². The Morgan fingerprint density at radius 1 is 1.44 bits per heavy atom. The summed E-state index contributed by atoms with van der Waals surface area (Å²) < 4.78 is 0. The van der Waals surface area contributed by atoms with Crippen LogP contribution in [0.5, 0.6) is 0 Å². The van der Waals surface area contributed by atoms with E-state index in [0.717, 1.165) is 13.1 Å². The fraction of sp³-hybridized carbons (Fsp3) is 1.00. The Hall–Kier alpha value is -0.120. The van der Waals surface area contributed by atoms with E-state index >= 15 is 0 Å². The number of aliphatic hydroxyl groups excluding tert-OH is 1. The second kappa shape index (κ2) is 5.99. The van der Waals surface area contributed by atoms with Gasteiger partial charge >= 0.3 is 0 Å². The van der Waals surface area contributed by atoms with Crippen LogP contribution in [0.25, 0.3) is 0 Å². The molecule has 1 saturated carbocycles. The van der Waals surface area contributed by atoms with Gasteiger partial charge in [-0.2, -0.15) is 0 Å². The molecule has 0 heterocycles. The summed E-state index contributed by atoms with van der Waals surface area (Å²) in [5.74, 6) is 0. The molecule has 0 bridgehead atoms. The SMILES string of the molecule is CCC(C)N(CC)CC(C)(CO)NC1CC1. The fourth-order valence-electron chi connectivity index (χ4n) is 2.15. The van der Waals surface area contributed by atoms with E-state index in [4.69, 9.17) is 0 Å². The predicted octanol–water partition coefficient (Wildman–Crippen LogP) is 1.61. The average Bonchev–Trinajstić information content (AvgIpc) is 3.08. The van der Waals surface area contributed by atoms with Gasteiger partial charge in [0.05, 0.1) is 12.1 Å². The molecule has 0 aliphatic heterocycles. The van der Waals surface area contributed by atoms with Crippen molar-refractivity contribution < 1.29 is 5.11 Å². The molecule has 0 spiro atoms. The quantitative estimate of drug-likeness (QED) is 0.662. The number of nitrogens with zero attached hydrogens (tertiary/aromatic N) is 1. The van der Waals surface area contributed by atoms with Crippen molar-refractivity contribution in [1.29, 1.82) is 0 Å². The van der Waals surface area contributed by atoms with Gasteiger partial charge in [-0.25, -0.2) is 0 Å². The van der Waals surface area contributed by atoms with Crippen molar-refractivity contribution in [2.75, 3.05) is 19.7 Å². The molecule has 1 rings (SSSR count). The Balaban J connectivity index is 2.50. The molecule has 0 radical (unpaired) electrons. The third-order valence-electron chi connectivity index (χ3n) is 3.65. The Bertz CT molecular complexity index is 206. The van der Waals surface area contributed by atoms with Crippen LogP contribution in [0.2, 0.25) is 0 Å². The first kappa shape index (κ1) is 13.9. The first-order chi connectivity index (χ1) is 7.54. The number of aliphatic hydroxyl groups is 1. The third kappa shape index (κ3) is 4.04. The van der Waals surface area contributed by atoms with E-state index in [9.17, 15) is 5.11 Å². The Kier molecular flexibility index (Phi) is 5.22. The molecule has 3 heteroatoms. The van der Waals surface area contributed by atoms with Crippen molar-refractivity contribution in [3.05, 3.63) is 0 Å². The highest BCUT2D eigenvalue weighted by molar-refractivity contribution is 4.94. The third-order valence-corrected chi connectivity index (χ3v) is 3.65. The molecule has 0 aromatic rings. The maximum atomic E-state index is 9.57. The average molecular weight is 228 g/mol. The highest BCUT2D eigenvalue weighted by atomic mass is 16.3. The van der Waals surface area contributed by atoms with Crippen molar-refractivity contribution in [2.24, 2.45) is 0 Å². The molecule has 1 aliphatic rings. The van der Waals surface area contributed by atoms with Crippen molar-refractivity contribution in [3.8, 4) is 0 Å². The predicted molar refractivity (Wildman–Crippen MR) is 68.6 cm³/mol. The molecule has 3 nitrogen and oxygen atoms in total. The lowest BCUT2D eigenvalue weighted by Crippen LogP contribution is -2.56. The molecule has 1 fully saturated rings. The van der Waals surface area contributed by atoms with Crippen LogP contribution in [-0.4, -0.2) is 47.3 Å². The highest BCUT2D eigenvalue weighted by Crippen LogP contribution is 2.23. The zero-order valence-electron chi connectivity index (χ0n) is 11.3. The maximum Gasteiger partial charge on any atom is 0.0623 e. The Morgan fingerprint density at radius 2 is 2.06 bits per heavy atom. The first-order valence-electron chi connectivity index (χ1n) is 6.67. The largest absolute Gasteiger partial charge is 0.394 e. The molecule has 2 N–H and O–H groups in total. The molecule has 0 aromatic carbocycles. The molecule has 2 unspecified atom stereocenters. The van der Waals surface area contributed by atoms with E-state index in [-0.39, 0.29) is 12.1 Å². The van der Waals surface area contributed by atoms with Crippen molar-refractivity contribution in [2.45, 2.75) is 64.6 Å². The van der Waals surface area contributed by atoms with Gasteiger partial charge in [-0.05, 0) is 39.7 Å². The Morgan fingerprint density at radius 3 is 2.44 bits per heavy atom. The molecule has 0 aromatic heterocycles. The standard InChI is InChI=1S/C13H28N2O/c1-5-11(3)15(6-2)9-13(4,10-16)14-12-7-8-12/h11-12,14,16H,5-10H2,1-4H3.